The Hall–Kier alpha value is -3.56. The van der Waals surface area contributed by atoms with Gasteiger partial charge in [-0.15, -0.1) is 0 Å². The lowest BCUT2D eigenvalue weighted by molar-refractivity contribution is -0.143. The van der Waals surface area contributed by atoms with Gasteiger partial charge < -0.3 is 47.1 Å². The number of carbonyl (C=O) groups is 5. The number of H-pyrrole nitrogens is 1. The van der Waals surface area contributed by atoms with Crippen LogP contribution in [0.25, 0.3) is 0 Å². The predicted molar refractivity (Wildman–Crippen MR) is 109 cm³/mol. The van der Waals surface area contributed by atoms with Crippen molar-refractivity contribution in [1.29, 1.82) is 0 Å². The fraction of sp³-hybridized carbons (Fsp3) is 0.556. The Balaban J connectivity index is 2.79. The second-order valence-corrected chi connectivity index (χ2v) is 7.19. The van der Waals surface area contributed by atoms with E-state index in [4.69, 9.17) is 10.8 Å². The maximum atomic E-state index is 12.6. The molecular formula is C18H28N6O9. The van der Waals surface area contributed by atoms with Gasteiger partial charge in [-0.05, 0) is 13.3 Å². The van der Waals surface area contributed by atoms with Crippen LogP contribution in [-0.4, -0.2) is 96.9 Å². The van der Waals surface area contributed by atoms with Crippen molar-refractivity contribution in [1.82, 2.24) is 25.9 Å². The van der Waals surface area contributed by atoms with E-state index < -0.39 is 73.0 Å². The molecule has 3 amide bonds. The van der Waals surface area contributed by atoms with E-state index in [2.05, 4.69) is 25.9 Å². The van der Waals surface area contributed by atoms with E-state index in [-0.39, 0.29) is 12.8 Å². The summed E-state index contributed by atoms with van der Waals surface area (Å²) in [5, 5.41) is 43.8. The number of hydrogen-bond donors (Lipinski definition) is 9. The fourth-order valence-corrected chi connectivity index (χ4v) is 2.62. The quantitative estimate of drug-likeness (QED) is 0.126. The van der Waals surface area contributed by atoms with Crippen molar-refractivity contribution in [3.8, 4) is 0 Å². The van der Waals surface area contributed by atoms with Crippen molar-refractivity contribution in [3.05, 3.63) is 18.2 Å². The molecule has 0 spiro atoms. The van der Waals surface area contributed by atoms with Crippen molar-refractivity contribution in [2.24, 2.45) is 5.73 Å². The van der Waals surface area contributed by atoms with Crippen LogP contribution in [0.4, 0.5) is 0 Å². The highest BCUT2D eigenvalue weighted by molar-refractivity contribution is 5.94. The van der Waals surface area contributed by atoms with Gasteiger partial charge in [-0.1, -0.05) is 0 Å². The van der Waals surface area contributed by atoms with Gasteiger partial charge >= 0.3 is 11.9 Å². The molecule has 0 radical (unpaired) electrons. The number of carbonyl (C=O) groups excluding carboxylic acids is 3. The molecule has 0 aliphatic carbocycles. The molecule has 33 heavy (non-hydrogen) atoms. The Bertz CT molecular complexity index is 829. The largest absolute Gasteiger partial charge is 0.481 e. The molecule has 15 nitrogen and oxygen atoms in total. The van der Waals surface area contributed by atoms with E-state index >= 15 is 0 Å². The number of nitrogens with one attached hydrogen (secondary N) is 4. The summed E-state index contributed by atoms with van der Waals surface area (Å²) in [4.78, 5) is 65.5. The molecule has 1 rings (SSSR count). The molecule has 0 fully saturated rings. The lowest BCUT2D eigenvalue weighted by Crippen LogP contribution is -2.60. The van der Waals surface area contributed by atoms with Gasteiger partial charge in [0.1, 0.15) is 18.1 Å². The summed E-state index contributed by atoms with van der Waals surface area (Å²) in [6, 6.07) is -5.86. The van der Waals surface area contributed by atoms with Gasteiger partial charge in [0, 0.05) is 24.7 Å². The number of amides is 3. The Kier molecular flexibility index (Phi) is 10.9. The van der Waals surface area contributed by atoms with Crippen LogP contribution in [0.15, 0.2) is 12.5 Å². The topological polar surface area (TPSA) is 257 Å². The molecule has 1 heterocycles. The first-order chi connectivity index (χ1) is 15.5. The third-order valence-corrected chi connectivity index (χ3v) is 4.48. The van der Waals surface area contributed by atoms with E-state index in [9.17, 15) is 39.3 Å². The average Bonchev–Trinajstić information content (AvgIpc) is 3.25. The number of aromatic nitrogens is 2. The number of hydrogen-bond acceptors (Lipinski definition) is 9. The number of aromatic amines is 1. The maximum absolute atomic E-state index is 12.6. The van der Waals surface area contributed by atoms with Crippen LogP contribution in [0, 0.1) is 0 Å². The molecule has 5 unspecified atom stereocenters. The second-order valence-electron chi connectivity index (χ2n) is 7.19. The summed E-state index contributed by atoms with van der Waals surface area (Å²) in [5.41, 5.74) is 5.97. The van der Waals surface area contributed by atoms with Crippen molar-refractivity contribution in [2.45, 2.75) is 56.5 Å². The first-order valence-corrected chi connectivity index (χ1v) is 9.83. The smallest absolute Gasteiger partial charge is 0.326 e. The Morgan fingerprint density at radius 1 is 1.06 bits per heavy atom. The van der Waals surface area contributed by atoms with Crippen molar-refractivity contribution < 1.29 is 44.4 Å². The molecule has 0 aliphatic rings. The first kappa shape index (κ1) is 27.5. The molecule has 184 valence electrons. The number of aliphatic hydroxyl groups is 2. The van der Waals surface area contributed by atoms with Gasteiger partial charge in [0.25, 0.3) is 0 Å². The summed E-state index contributed by atoms with van der Waals surface area (Å²) >= 11 is 0. The minimum atomic E-state index is -1.62. The highest BCUT2D eigenvalue weighted by Gasteiger charge is 2.32. The van der Waals surface area contributed by atoms with E-state index in [1.54, 1.807) is 0 Å². The zero-order chi connectivity index (χ0) is 25.1. The zero-order valence-electron chi connectivity index (χ0n) is 17.7. The lowest BCUT2D eigenvalue weighted by Gasteiger charge is -2.25. The van der Waals surface area contributed by atoms with E-state index in [0.29, 0.717) is 5.69 Å². The summed E-state index contributed by atoms with van der Waals surface area (Å²) in [6.45, 7) is 0.276. The molecule has 0 saturated heterocycles. The summed E-state index contributed by atoms with van der Waals surface area (Å²) in [5.74, 6) is -5.53. The molecule has 1 aromatic rings. The normalized spacial score (nSPS) is 15.4. The van der Waals surface area contributed by atoms with Crippen LogP contribution in [0.5, 0.6) is 0 Å². The van der Waals surface area contributed by atoms with Crippen molar-refractivity contribution in [2.75, 3.05) is 6.61 Å². The standard InChI is InChI=1S/C18H28N6O9/c1-8(26)14(17(31)22-11(18(32)33)4-9-5-20-7-21-9)24-16(30)12(6-25)23-15(29)10(19)2-3-13(27)28/h5,7-8,10-12,14,25-26H,2-4,6,19H2,1H3,(H,20,21)(H,22,31)(H,23,29)(H,24,30)(H,27,28)(H,32,33). The van der Waals surface area contributed by atoms with E-state index in [1.807, 2.05) is 0 Å². The SMILES string of the molecule is CC(O)C(NC(=O)C(CO)NC(=O)C(N)CCC(=O)O)C(=O)NC(Cc1cnc[nH]1)C(=O)O. The number of carboxylic acid groups (broad SMARTS) is 2. The van der Waals surface area contributed by atoms with E-state index in [1.165, 1.54) is 19.4 Å². The van der Waals surface area contributed by atoms with Gasteiger partial charge in [-0.2, -0.15) is 0 Å². The summed E-state index contributed by atoms with van der Waals surface area (Å²) in [7, 11) is 0. The zero-order valence-corrected chi connectivity index (χ0v) is 17.7. The Morgan fingerprint density at radius 2 is 1.70 bits per heavy atom. The number of imidazole rings is 1. The number of nitrogens with two attached hydrogens (primary N) is 1. The second kappa shape index (κ2) is 13.1. The molecule has 0 bridgehead atoms. The molecule has 15 heteroatoms. The van der Waals surface area contributed by atoms with Crippen molar-refractivity contribution >= 4 is 29.7 Å². The average molecular weight is 472 g/mol. The van der Waals surface area contributed by atoms with Gasteiger partial charge in [0.05, 0.1) is 25.1 Å². The number of aliphatic carboxylic acids is 2. The van der Waals surface area contributed by atoms with E-state index in [0.717, 1.165) is 0 Å². The summed E-state index contributed by atoms with van der Waals surface area (Å²) < 4.78 is 0. The van der Waals surface area contributed by atoms with Crippen LogP contribution in [0.2, 0.25) is 0 Å². The molecule has 0 aromatic carbocycles. The molecule has 0 saturated carbocycles. The third-order valence-electron chi connectivity index (χ3n) is 4.48. The van der Waals surface area contributed by atoms with Gasteiger partial charge in [-0.25, -0.2) is 9.78 Å². The highest BCUT2D eigenvalue weighted by atomic mass is 16.4. The van der Waals surface area contributed by atoms with Crippen molar-refractivity contribution in [3.63, 3.8) is 0 Å². The molecular weight excluding hydrogens is 444 g/mol. The van der Waals surface area contributed by atoms with Crippen LogP contribution in [0.3, 0.4) is 0 Å². The molecule has 1 aromatic heterocycles. The number of rotatable bonds is 14. The molecule has 10 N–H and O–H groups in total. The lowest BCUT2D eigenvalue weighted by atomic mass is 10.1. The van der Waals surface area contributed by atoms with Gasteiger partial charge in [0.2, 0.25) is 17.7 Å². The van der Waals surface area contributed by atoms with Crippen LogP contribution >= 0.6 is 0 Å². The van der Waals surface area contributed by atoms with Crippen LogP contribution in [0.1, 0.15) is 25.5 Å². The minimum Gasteiger partial charge on any atom is -0.481 e. The molecule has 0 aliphatic heterocycles. The number of carboxylic acids is 2. The third kappa shape index (κ3) is 9.22. The minimum absolute atomic E-state index is 0.148. The first-order valence-electron chi connectivity index (χ1n) is 9.83. The van der Waals surface area contributed by atoms with Crippen LogP contribution < -0.4 is 21.7 Å². The predicted octanol–water partition coefficient (Wildman–Crippen LogP) is -3.94. The number of aliphatic hydroxyl groups excluding tert-OH is 2. The van der Waals surface area contributed by atoms with Gasteiger partial charge in [-0.3, -0.25) is 19.2 Å². The number of nitrogens with zero attached hydrogens (tertiary/aromatic N) is 1. The fourth-order valence-electron chi connectivity index (χ4n) is 2.62. The van der Waals surface area contributed by atoms with Crippen LogP contribution in [-0.2, 0) is 30.4 Å². The summed E-state index contributed by atoms with van der Waals surface area (Å²) in [6.07, 6.45) is 0.469. The monoisotopic (exact) mass is 472 g/mol. The highest BCUT2D eigenvalue weighted by Crippen LogP contribution is 2.02. The Labute approximate surface area is 187 Å². The Morgan fingerprint density at radius 3 is 2.18 bits per heavy atom. The van der Waals surface area contributed by atoms with Gasteiger partial charge in [0.15, 0.2) is 0 Å². The maximum Gasteiger partial charge on any atom is 0.326 e. The molecule has 5 atom stereocenters.